The maximum atomic E-state index is 12.8. The zero-order valence-electron chi connectivity index (χ0n) is 12.2. The van der Waals surface area contributed by atoms with Crippen molar-refractivity contribution >= 4 is 11.5 Å². The first kappa shape index (κ1) is 14.7. The Morgan fingerprint density at radius 2 is 1.52 bits per heavy atom. The van der Waals surface area contributed by atoms with Crippen LogP contribution in [0.1, 0.15) is 15.9 Å². The van der Waals surface area contributed by atoms with Crippen LogP contribution in [0.3, 0.4) is 0 Å². The van der Waals surface area contributed by atoms with E-state index in [0.29, 0.717) is 11.1 Å². The molecule has 0 saturated heterocycles. The average molecular weight is 303 g/mol. The fraction of sp³-hybridized carbons (Fsp3) is 0. The van der Waals surface area contributed by atoms with Crippen molar-refractivity contribution < 1.29 is 9.72 Å². The van der Waals surface area contributed by atoms with Crippen molar-refractivity contribution in [2.45, 2.75) is 0 Å². The summed E-state index contributed by atoms with van der Waals surface area (Å²) in [4.78, 5) is 23.2. The summed E-state index contributed by atoms with van der Waals surface area (Å²) < 4.78 is 0. The Labute approximate surface area is 133 Å². The van der Waals surface area contributed by atoms with Gasteiger partial charge >= 0.3 is 0 Å². The Morgan fingerprint density at radius 1 is 0.826 bits per heavy atom. The Morgan fingerprint density at radius 3 is 2.26 bits per heavy atom. The van der Waals surface area contributed by atoms with Crippen molar-refractivity contribution in [1.29, 1.82) is 0 Å². The molecular formula is C19H13NO3. The highest BCUT2D eigenvalue weighted by atomic mass is 16.6. The Balaban J connectivity index is 2.07. The van der Waals surface area contributed by atoms with E-state index >= 15 is 0 Å². The summed E-state index contributed by atoms with van der Waals surface area (Å²) in [6.07, 6.45) is 0. The zero-order chi connectivity index (χ0) is 16.2. The van der Waals surface area contributed by atoms with Gasteiger partial charge in [-0.15, -0.1) is 0 Å². The number of rotatable bonds is 4. The van der Waals surface area contributed by atoms with Crippen LogP contribution in [0, 0.1) is 10.1 Å². The lowest BCUT2D eigenvalue weighted by Gasteiger charge is -2.09. The molecule has 0 unspecified atom stereocenters. The zero-order valence-corrected chi connectivity index (χ0v) is 12.2. The number of hydrogen-bond donors (Lipinski definition) is 0. The second-order valence-electron chi connectivity index (χ2n) is 5.05. The fourth-order valence-corrected chi connectivity index (χ4v) is 2.47. The molecule has 0 atom stereocenters. The van der Waals surface area contributed by atoms with Gasteiger partial charge in [-0.1, -0.05) is 66.7 Å². The van der Waals surface area contributed by atoms with Crippen LogP contribution in [-0.4, -0.2) is 10.7 Å². The summed E-state index contributed by atoms with van der Waals surface area (Å²) in [5.41, 5.74) is 2.49. The van der Waals surface area contributed by atoms with Gasteiger partial charge in [0.25, 0.3) is 5.69 Å². The topological polar surface area (TPSA) is 60.2 Å². The first-order valence-electron chi connectivity index (χ1n) is 7.10. The van der Waals surface area contributed by atoms with Crippen molar-refractivity contribution in [1.82, 2.24) is 0 Å². The molecular weight excluding hydrogens is 290 g/mol. The van der Waals surface area contributed by atoms with E-state index in [1.807, 2.05) is 42.5 Å². The molecule has 112 valence electrons. The summed E-state index contributed by atoms with van der Waals surface area (Å²) in [6, 6.07) is 22.7. The molecule has 0 fully saturated rings. The second-order valence-corrected chi connectivity index (χ2v) is 5.05. The number of nitro benzene ring substituents is 1. The van der Waals surface area contributed by atoms with E-state index in [9.17, 15) is 14.9 Å². The standard InChI is InChI=1S/C19H13NO3/c21-19(15-9-6-10-16(13-15)20(22)23)18-12-5-4-11-17(18)14-7-2-1-3-8-14/h1-13H. The van der Waals surface area contributed by atoms with E-state index in [1.165, 1.54) is 18.2 Å². The van der Waals surface area contributed by atoms with E-state index in [0.717, 1.165) is 11.1 Å². The van der Waals surface area contributed by atoms with E-state index in [4.69, 9.17) is 0 Å². The molecule has 0 aliphatic rings. The van der Waals surface area contributed by atoms with Crippen molar-refractivity contribution in [2.24, 2.45) is 0 Å². The van der Waals surface area contributed by atoms with Gasteiger partial charge in [-0.05, 0) is 11.1 Å². The van der Waals surface area contributed by atoms with E-state index in [1.54, 1.807) is 18.2 Å². The lowest BCUT2D eigenvalue weighted by atomic mass is 9.94. The summed E-state index contributed by atoms with van der Waals surface area (Å²) in [5, 5.41) is 10.9. The average Bonchev–Trinajstić information content (AvgIpc) is 2.62. The summed E-state index contributed by atoms with van der Waals surface area (Å²) in [7, 11) is 0. The predicted octanol–water partition coefficient (Wildman–Crippen LogP) is 4.49. The van der Waals surface area contributed by atoms with Gasteiger partial charge in [-0.2, -0.15) is 0 Å². The lowest BCUT2D eigenvalue weighted by Crippen LogP contribution is -2.04. The van der Waals surface area contributed by atoms with Crippen LogP contribution in [0.25, 0.3) is 11.1 Å². The molecule has 0 spiro atoms. The van der Waals surface area contributed by atoms with Gasteiger partial charge in [0.15, 0.2) is 5.78 Å². The number of benzene rings is 3. The molecule has 0 aliphatic carbocycles. The number of carbonyl (C=O) groups excluding carboxylic acids is 1. The van der Waals surface area contributed by atoms with Crippen molar-refractivity contribution in [2.75, 3.05) is 0 Å². The normalized spacial score (nSPS) is 10.3. The molecule has 0 radical (unpaired) electrons. The quantitative estimate of drug-likeness (QED) is 0.405. The molecule has 3 aromatic carbocycles. The van der Waals surface area contributed by atoms with Gasteiger partial charge in [0, 0.05) is 23.3 Å². The minimum atomic E-state index is -0.500. The molecule has 0 aromatic heterocycles. The van der Waals surface area contributed by atoms with Gasteiger partial charge in [0.2, 0.25) is 0 Å². The number of nitrogens with zero attached hydrogens (tertiary/aromatic N) is 1. The maximum absolute atomic E-state index is 12.8. The Hall–Kier alpha value is -3.27. The Bertz CT molecular complexity index is 873. The van der Waals surface area contributed by atoms with E-state index < -0.39 is 4.92 Å². The third-order valence-electron chi connectivity index (χ3n) is 3.58. The van der Waals surface area contributed by atoms with Gasteiger partial charge in [0.1, 0.15) is 0 Å². The van der Waals surface area contributed by atoms with Crippen molar-refractivity contribution in [3.8, 4) is 11.1 Å². The van der Waals surface area contributed by atoms with Crippen molar-refractivity contribution in [3.63, 3.8) is 0 Å². The smallest absolute Gasteiger partial charge is 0.270 e. The molecule has 0 heterocycles. The molecule has 0 bridgehead atoms. The molecule has 3 aromatic rings. The highest BCUT2D eigenvalue weighted by Crippen LogP contribution is 2.26. The van der Waals surface area contributed by atoms with Crippen molar-refractivity contribution in [3.05, 3.63) is 100 Å². The van der Waals surface area contributed by atoms with Crippen LogP contribution in [0.4, 0.5) is 5.69 Å². The number of ketones is 1. The lowest BCUT2D eigenvalue weighted by molar-refractivity contribution is -0.384. The molecule has 4 nitrogen and oxygen atoms in total. The Kier molecular flexibility index (Phi) is 3.97. The summed E-state index contributed by atoms with van der Waals surface area (Å²) >= 11 is 0. The first-order valence-corrected chi connectivity index (χ1v) is 7.10. The van der Waals surface area contributed by atoms with Gasteiger partial charge < -0.3 is 0 Å². The second kappa shape index (κ2) is 6.23. The molecule has 23 heavy (non-hydrogen) atoms. The third-order valence-corrected chi connectivity index (χ3v) is 3.58. The highest BCUT2D eigenvalue weighted by molar-refractivity contribution is 6.13. The van der Waals surface area contributed by atoms with Crippen LogP contribution in [0.5, 0.6) is 0 Å². The van der Waals surface area contributed by atoms with Crippen LogP contribution in [-0.2, 0) is 0 Å². The van der Waals surface area contributed by atoms with Crippen LogP contribution >= 0.6 is 0 Å². The summed E-state index contributed by atoms with van der Waals surface area (Å²) in [5.74, 6) is -0.229. The summed E-state index contributed by atoms with van der Waals surface area (Å²) in [6.45, 7) is 0. The predicted molar refractivity (Wildman–Crippen MR) is 88.4 cm³/mol. The van der Waals surface area contributed by atoms with E-state index in [-0.39, 0.29) is 11.5 Å². The van der Waals surface area contributed by atoms with Gasteiger partial charge in [-0.3, -0.25) is 14.9 Å². The molecule has 0 saturated carbocycles. The van der Waals surface area contributed by atoms with Crippen LogP contribution in [0.15, 0.2) is 78.9 Å². The van der Waals surface area contributed by atoms with Crippen LogP contribution in [0.2, 0.25) is 0 Å². The number of nitro groups is 1. The highest BCUT2D eigenvalue weighted by Gasteiger charge is 2.16. The molecule has 0 N–H and O–H groups in total. The maximum Gasteiger partial charge on any atom is 0.270 e. The molecule has 0 amide bonds. The number of non-ortho nitro benzene ring substituents is 1. The van der Waals surface area contributed by atoms with E-state index in [2.05, 4.69) is 0 Å². The van der Waals surface area contributed by atoms with Gasteiger partial charge in [-0.25, -0.2) is 0 Å². The fourth-order valence-electron chi connectivity index (χ4n) is 2.47. The molecule has 4 heteroatoms. The SMILES string of the molecule is O=C(c1cccc([N+](=O)[O-])c1)c1ccccc1-c1ccccc1. The first-order chi connectivity index (χ1) is 11.2. The minimum absolute atomic E-state index is 0.0898. The minimum Gasteiger partial charge on any atom is -0.289 e. The molecule has 3 rings (SSSR count). The van der Waals surface area contributed by atoms with Crippen LogP contribution < -0.4 is 0 Å². The molecule has 0 aliphatic heterocycles. The third kappa shape index (κ3) is 3.01. The van der Waals surface area contributed by atoms with Gasteiger partial charge in [0.05, 0.1) is 4.92 Å². The number of hydrogen-bond acceptors (Lipinski definition) is 3. The number of carbonyl (C=O) groups is 1. The monoisotopic (exact) mass is 303 g/mol. The largest absolute Gasteiger partial charge is 0.289 e.